The molecule has 1 atom stereocenters. The summed E-state index contributed by atoms with van der Waals surface area (Å²) in [7, 11) is 3.67. The van der Waals surface area contributed by atoms with Crippen molar-refractivity contribution in [3.8, 4) is 0 Å². The molecule has 1 aromatic carbocycles. The molecule has 0 N–H and O–H groups in total. The van der Waals surface area contributed by atoms with E-state index in [9.17, 15) is 0 Å². The largest absolute Gasteiger partial charge is 0.423 e. The molecule has 2 aromatic rings. The van der Waals surface area contributed by atoms with Crippen LogP contribution >= 0.6 is 0 Å². The molecule has 132 valence electrons. The number of anilines is 1. The molecule has 0 saturated carbocycles. The maximum Gasteiger partial charge on any atom is 0.298 e. The van der Waals surface area contributed by atoms with Crippen molar-refractivity contribution in [1.82, 2.24) is 4.98 Å². The molecule has 0 amide bonds. The van der Waals surface area contributed by atoms with E-state index in [1.807, 2.05) is 37.1 Å². The second kappa shape index (κ2) is 8.85. The molecule has 5 heteroatoms. The van der Waals surface area contributed by atoms with Gasteiger partial charge in [0.15, 0.2) is 11.9 Å². The molecule has 0 spiro atoms. The predicted octanol–water partition coefficient (Wildman–Crippen LogP) is 4.31. The summed E-state index contributed by atoms with van der Waals surface area (Å²) in [6.07, 6.45) is 3.71. The summed E-state index contributed by atoms with van der Waals surface area (Å²) in [5.41, 5.74) is 4.13. The summed E-state index contributed by atoms with van der Waals surface area (Å²) in [5, 5.41) is 0. The minimum absolute atomic E-state index is 0.215. The van der Waals surface area contributed by atoms with Crippen LogP contribution in [0.1, 0.15) is 32.3 Å². The lowest BCUT2D eigenvalue weighted by Crippen LogP contribution is -2.24. The van der Waals surface area contributed by atoms with Gasteiger partial charge in [-0.2, -0.15) is 4.98 Å². The standard InChI is InChI=1S/C19H28N2O3/c1-6-8-15(12-18(22-5)23-7-2)13-21(4)19-20-16-11-14(3)9-10-17(16)24-19/h8-11,18H,6-7,12-13H2,1-5H3/b15-8+. The summed E-state index contributed by atoms with van der Waals surface area (Å²) in [4.78, 5) is 6.62. The van der Waals surface area contributed by atoms with E-state index in [1.165, 1.54) is 11.1 Å². The van der Waals surface area contributed by atoms with Gasteiger partial charge in [0.25, 0.3) is 6.01 Å². The number of fused-ring (bicyclic) bond motifs is 1. The normalized spacial score (nSPS) is 13.5. The van der Waals surface area contributed by atoms with E-state index in [1.54, 1.807) is 7.11 Å². The van der Waals surface area contributed by atoms with E-state index in [0.29, 0.717) is 12.6 Å². The second-order valence-corrected chi connectivity index (χ2v) is 5.92. The number of methoxy groups -OCH3 is 1. The molecule has 1 aromatic heterocycles. The zero-order valence-electron chi connectivity index (χ0n) is 15.3. The summed E-state index contributed by atoms with van der Waals surface area (Å²) in [5.74, 6) is 0. The molecule has 5 nitrogen and oxygen atoms in total. The fourth-order valence-electron chi connectivity index (χ4n) is 2.67. The van der Waals surface area contributed by atoms with Crippen molar-refractivity contribution in [2.45, 2.75) is 39.9 Å². The van der Waals surface area contributed by atoms with Crippen LogP contribution in [0.4, 0.5) is 6.01 Å². The third-order valence-corrected chi connectivity index (χ3v) is 3.84. The average Bonchev–Trinajstić information content (AvgIpc) is 2.97. The van der Waals surface area contributed by atoms with Crippen LogP contribution in [-0.2, 0) is 9.47 Å². The smallest absolute Gasteiger partial charge is 0.298 e. The lowest BCUT2D eigenvalue weighted by Gasteiger charge is -2.21. The Morgan fingerprint density at radius 3 is 2.83 bits per heavy atom. The zero-order chi connectivity index (χ0) is 17.5. The summed E-state index contributed by atoms with van der Waals surface area (Å²) < 4.78 is 16.9. The van der Waals surface area contributed by atoms with Crippen molar-refractivity contribution in [3.63, 3.8) is 0 Å². The molecule has 0 fully saturated rings. The Kier molecular flexibility index (Phi) is 6.82. The van der Waals surface area contributed by atoms with E-state index >= 15 is 0 Å². The molecule has 2 rings (SSSR count). The maximum absolute atomic E-state index is 5.87. The summed E-state index contributed by atoms with van der Waals surface area (Å²) in [6, 6.07) is 6.66. The highest BCUT2D eigenvalue weighted by Gasteiger charge is 2.15. The van der Waals surface area contributed by atoms with E-state index < -0.39 is 0 Å². The van der Waals surface area contributed by atoms with E-state index in [2.05, 4.69) is 24.9 Å². The Labute approximate surface area is 144 Å². The number of likely N-dealkylation sites (N-methyl/N-ethyl adjacent to an activating group) is 1. The van der Waals surface area contributed by atoms with Crippen molar-refractivity contribution in [1.29, 1.82) is 0 Å². The van der Waals surface area contributed by atoms with Gasteiger partial charge >= 0.3 is 0 Å². The number of rotatable bonds is 9. The Bertz CT molecular complexity index is 678. The van der Waals surface area contributed by atoms with Crippen LogP contribution in [0.5, 0.6) is 0 Å². The van der Waals surface area contributed by atoms with Gasteiger partial charge in [-0.15, -0.1) is 0 Å². The summed E-state index contributed by atoms with van der Waals surface area (Å²) >= 11 is 0. The third-order valence-electron chi connectivity index (χ3n) is 3.84. The highest BCUT2D eigenvalue weighted by atomic mass is 16.7. The summed E-state index contributed by atoms with van der Waals surface area (Å²) in [6.45, 7) is 7.52. The monoisotopic (exact) mass is 332 g/mol. The average molecular weight is 332 g/mol. The van der Waals surface area contributed by atoms with E-state index in [4.69, 9.17) is 13.9 Å². The highest BCUT2D eigenvalue weighted by molar-refractivity contribution is 5.75. The van der Waals surface area contributed by atoms with Crippen LogP contribution in [0.2, 0.25) is 0 Å². The number of benzene rings is 1. The van der Waals surface area contributed by atoms with Gasteiger partial charge < -0.3 is 18.8 Å². The zero-order valence-corrected chi connectivity index (χ0v) is 15.3. The van der Waals surface area contributed by atoms with Crippen LogP contribution < -0.4 is 4.90 Å². The number of hydrogen-bond donors (Lipinski definition) is 0. The fourth-order valence-corrected chi connectivity index (χ4v) is 2.67. The minimum atomic E-state index is -0.215. The topological polar surface area (TPSA) is 47.7 Å². The number of aromatic nitrogens is 1. The first kappa shape index (κ1) is 18.5. The molecule has 0 aliphatic carbocycles. The Balaban J connectivity index is 2.11. The van der Waals surface area contributed by atoms with Crippen molar-refractivity contribution in [2.75, 3.05) is 32.2 Å². The number of allylic oxidation sites excluding steroid dienone is 1. The van der Waals surface area contributed by atoms with Gasteiger partial charge in [0.05, 0.1) is 0 Å². The van der Waals surface area contributed by atoms with Gasteiger partial charge in [0, 0.05) is 33.7 Å². The first-order valence-electron chi connectivity index (χ1n) is 8.48. The van der Waals surface area contributed by atoms with Gasteiger partial charge in [-0.1, -0.05) is 19.1 Å². The van der Waals surface area contributed by atoms with Gasteiger partial charge in [-0.25, -0.2) is 0 Å². The third kappa shape index (κ3) is 4.82. The van der Waals surface area contributed by atoms with Gasteiger partial charge in [-0.05, 0) is 43.5 Å². The van der Waals surface area contributed by atoms with Gasteiger partial charge in [0.2, 0.25) is 0 Å². The molecular weight excluding hydrogens is 304 g/mol. The van der Waals surface area contributed by atoms with Crippen LogP contribution in [0.15, 0.2) is 34.3 Å². The molecule has 0 bridgehead atoms. The number of oxazole rings is 1. The number of nitrogens with zero attached hydrogens (tertiary/aromatic N) is 2. The molecule has 0 aliphatic heterocycles. The number of hydrogen-bond acceptors (Lipinski definition) is 5. The number of aryl methyl sites for hydroxylation is 1. The van der Waals surface area contributed by atoms with E-state index in [-0.39, 0.29) is 6.29 Å². The highest BCUT2D eigenvalue weighted by Crippen LogP contribution is 2.23. The molecule has 0 radical (unpaired) electrons. The molecule has 24 heavy (non-hydrogen) atoms. The lowest BCUT2D eigenvalue weighted by molar-refractivity contribution is -0.118. The minimum Gasteiger partial charge on any atom is -0.423 e. The molecular formula is C19H28N2O3. The van der Waals surface area contributed by atoms with Crippen LogP contribution in [0.25, 0.3) is 11.1 Å². The molecule has 0 aliphatic rings. The van der Waals surface area contributed by atoms with Crippen LogP contribution in [-0.4, -0.2) is 38.6 Å². The number of ether oxygens (including phenoxy) is 2. The first-order valence-corrected chi connectivity index (χ1v) is 8.48. The predicted molar refractivity (Wildman–Crippen MR) is 97.4 cm³/mol. The first-order chi connectivity index (χ1) is 11.6. The van der Waals surface area contributed by atoms with Crippen LogP contribution in [0, 0.1) is 6.92 Å². The maximum atomic E-state index is 5.87. The van der Waals surface area contributed by atoms with Crippen molar-refractivity contribution < 1.29 is 13.9 Å². The Morgan fingerprint density at radius 2 is 2.17 bits per heavy atom. The van der Waals surface area contributed by atoms with Crippen molar-refractivity contribution >= 4 is 17.1 Å². The molecule has 1 heterocycles. The molecule has 1 unspecified atom stereocenters. The Morgan fingerprint density at radius 1 is 1.38 bits per heavy atom. The van der Waals surface area contributed by atoms with E-state index in [0.717, 1.165) is 30.5 Å². The lowest BCUT2D eigenvalue weighted by atomic mass is 10.1. The second-order valence-electron chi connectivity index (χ2n) is 5.92. The van der Waals surface area contributed by atoms with Crippen molar-refractivity contribution in [2.24, 2.45) is 0 Å². The fraction of sp³-hybridized carbons (Fsp3) is 0.526. The van der Waals surface area contributed by atoms with Gasteiger partial charge in [-0.3, -0.25) is 0 Å². The van der Waals surface area contributed by atoms with Gasteiger partial charge in [0.1, 0.15) is 5.52 Å². The Hall–Kier alpha value is -1.85. The van der Waals surface area contributed by atoms with Crippen molar-refractivity contribution in [3.05, 3.63) is 35.4 Å². The molecule has 0 saturated heterocycles. The van der Waals surface area contributed by atoms with Crippen LogP contribution in [0.3, 0.4) is 0 Å². The SMILES string of the molecule is CC/C=C(\CC(OC)OCC)CN(C)c1nc2cc(C)ccc2o1. The quantitative estimate of drug-likeness (QED) is 0.506.